The minimum Gasteiger partial charge on any atom is -0.356 e. The Morgan fingerprint density at radius 1 is 1.22 bits per heavy atom. The third-order valence-electron chi connectivity index (χ3n) is 6.53. The van der Waals surface area contributed by atoms with Gasteiger partial charge in [-0.2, -0.15) is 0 Å². The molecule has 27 heavy (non-hydrogen) atoms. The topological polar surface area (TPSA) is 61.0 Å². The number of aromatic nitrogens is 2. The number of carbonyl (C=O) groups excluding carboxylic acids is 1. The summed E-state index contributed by atoms with van der Waals surface area (Å²) in [6, 6.07) is 8.26. The van der Waals surface area contributed by atoms with E-state index in [0.29, 0.717) is 11.8 Å². The van der Waals surface area contributed by atoms with Gasteiger partial charge < -0.3 is 15.2 Å². The average molecular weight is 369 g/mol. The van der Waals surface area contributed by atoms with Crippen molar-refractivity contribution in [1.82, 2.24) is 20.2 Å². The lowest BCUT2D eigenvalue weighted by atomic mass is 9.81. The van der Waals surface area contributed by atoms with Crippen LogP contribution in [0.4, 0.5) is 0 Å². The van der Waals surface area contributed by atoms with Gasteiger partial charge in [-0.05, 0) is 69.7 Å². The zero-order chi connectivity index (χ0) is 18.6. The van der Waals surface area contributed by atoms with E-state index in [-0.39, 0.29) is 11.8 Å². The molecular formula is C22H32N4O. The van der Waals surface area contributed by atoms with E-state index in [0.717, 1.165) is 68.7 Å². The van der Waals surface area contributed by atoms with Crippen molar-refractivity contribution >= 4 is 16.9 Å². The van der Waals surface area contributed by atoms with Gasteiger partial charge in [0.25, 0.3) is 0 Å². The minimum absolute atomic E-state index is 0.186. The lowest BCUT2D eigenvalue weighted by molar-refractivity contribution is -0.126. The molecule has 5 heteroatoms. The van der Waals surface area contributed by atoms with Crippen LogP contribution in [0.1, 0.15) is 57.2 Å². The SMILES string of the molecule is CCN1CCCC(C(=O)NCC2CCC(c3nc4ccccc4[nH]3)CC2)C1. The van der Waals surface area contributed by atoms with E-state index < -0.39 is 0 Å². The number of fused-ring (bicyclic) bond motifs is 1. The Labute approximate surface area is 161 Å². The van der Waals surface area contributed by atoms with Crippen LogP contribution in [0.25, 0.3) is 11.0 Å². The number of rotatable bonds is 5. The average Bonchev–Trinajstić information content (AvgIpc) is 3.16. The van der Waals surface area contributed by atoms with Gasteiger partial charge >= 0.3 is 0 Å². The number of amides is 1. The fourth-order valence-corrected chi connectivity index (χ4v) is 4.75. The maximum atomic E-state index is 12.5. The quantitative estimate of drug-likeness (QED) is 0.846. The number of hydrogen-bond donors (Lipinski definition) is 2. The third kappa shape index (κ3) is 4.34. The second kappa shape index (κ2) is 8.42. The zero-order valence-corrected chi connectivity index (χ0v) is 16.4. The van der Waals surface area contributed by atoms with Crippen molar-refractivity contribution in [1.29, 1.82) is 0 Å². The molecule has 1 aromatic carbocycles. The van der Waals surface area contributed by atoms with E-state index in [9.17, 15) is 4.79 Å². The van der Waals surface area contributed by atoms with E-state index >= 15 is 0 Å². The fourth-order valence-electron chi connectivity index (χ4n) is 4.75. The Bertz CT molecular complexity index is 730. The molecule has 0 spiro atoms. The van der Waals surface area contributed by atoms with E-state index in [1.165, 1.54) is 12.8 Å². The van der Waals surface area contributed by atoms with Gasteiger partial charge in [0.2, 0.25) is 5.91 Å². The maximum Gasteiger partial charge on any atom is 0.224 e. The van der Waals surface area contributed by atoms with Crippen molar-refractivity contribution in [2.45, 2.75) is 51.4 Å². The molecule has 1 saturated heterocycles. The van der Waals surface area contributed by atoms with Crippen molar-refractivity contribution in [3.8, 4) is 0 Å². The fraction of sp³-hybridized carbons (Fsp3) is 0.636. The molecule has 1 aliphatic heterocycles. The summed E-state index contributed by atoms with van der Waals surface area (Å²) in [5.74, 6) is 2.74. The second-order valence-corrected chi connectivity index (χ2v) is 8.33. The Hall–Kier alpha value is -1.88. The van der Waals surface area contributed by atoms with Crippen molar-refractivity contribution in [3.63, 3.8) is 0 Å². The first kappa shape index (κ1) is 18.5. The predicted octanol–water partition coefficient (Wildman–Crippen LogP) is 3.68. The number of H-pyrrole nitrogens is 1. The molecule has 2 heterocycles. The molecule has 0 bridgehead atoms. The number of imidazole rings is 1. The molecule has 4 rings (SSSR count). The number of benzene rings is 1. The van der Waals surface area contributed by atoms with Crippen LogP contribution in [-0.4, -0.2) is 47.0 Å². The van der Waals surface area contributed by atoms with Gasteiger partial charge in [-0.1, -0.05) is 19.1 Å². The standard InChI is InChI=1S/C22H32N4O/c1-2-26-13-5-6-18(15-26)22(27)23-14-16-9-11-17(12-10-16)21-24-19-7-3-4-8-20(19)25-21/h3-4,7-8,16-18H,2,5-6,9-15H2,1H3,(H,23,27)(H,24,25). The van der Waals surface area contributed by atoms with E-state index in [4.69, 9.17) is 4.98 Å². The summed E-state index contributed by atoms with van der Waals surface area (Å²) in [7, 11) is 0. The lowest BCUT2D eigenvalue weighted by Gasteiger charge is -2.32. The Balaban J connectivity index is 1.24. The highest BCUT2D eigenvalue weighted by atomic mass is 16.1. The van der Waals surface area contributed by atoms with E-state index in [1.807, 2.05) is 6.07 Å². The Kier molecular flexibility index (Phi) is 5.77. The molecule has 2 N–H and O–H groups in total. The summed E-state index contributed by atoms with van der Waals surface area (Å²) in [6.45, 7) is 6.15. The van der Waals surface area contributed by atoms with Gasteiger partial charge in [0, 0.05) is 19.0 Å². The number of para-hydroxylation sites is 2. The highest BCUT2D eigenvalue weighted by Gasteiger charge is 2.27. The smallest absolute Gasteiger partial charge is 0.224 e. The zero-order valence-electron chi connectivity index (χ0n) is 16.4. The first-order valence-electron chi connectivity index (χ1n) is 10.7. The van der Waals surface area contributed by atoms with Gasteiger partial charge in [-0.3, -0.25) is 4.79 Å². The number of carbonyl (C=O) groups is 1. The highest BCUT2D eigenvalue weighted by molar-refractivity contribution is 5.79. The first-order valence-corrected chi connectivity index (χ1v) is 10.7. The summed E-state index contributed by atoms with van der Waals surface area (Å²) in [4.78, 5) is 23.2. The van der Waals surface area contributed by atoms with Crippen LogP contribution in [0.15, 0.2) is 24.3 Å². The third-order valence-corrected chi connectivity index (χ3v) is 6.53. The molecule has 1 aliphatic carbocycles. The number of aromatic amines is 1. The molecule has 2 aliphatic rings. The van der Waals surface area contributed by atoms with Crippen LogP contribution < -0.4 is 5.32 Å². The molecule has 1 amide bonds. The van der Waals surface area contributed by atoms with Crippen LogP contribution in [0, 0.1) is 11.8 Å². The van der Waals surface area contributed by atoms with Crippen molar-refractivity contribution < 1.29 is 4.79 Å². The summed E-state index contributed by atoms with van der Waals surface area (Å²) >= 11 is 0. The first-order chi connectivity index (χ1) is 13.2. The molecule has 146 valence electrons. The van der Waals surface area contributed by atoms with Crippen LogP contribution in [-0.2, 0) is 4.79 Å². The second-order valence-electron chi connectivity index (χ2n) is 8.33. The largest absolute Gasteiger partial charge is 0.356 e. The molecule has 2 aromatic rings. The normalized spacial score (nSPS) is 26.9. The number of nitrogens with one attached hydrogen (secondary N) is 2. The lowest BCUT2D eigenvalue weighted by Crippen LogP contribution is -2.44. The van der Waals surface area contributed by atoms with Gasteiger partial charge in [0.15, 0.2) is 0 Å². The molecule has 0 radical (unpaired) electrons. The summed E-state index contributed by atoms with van der Waals surface area (Å²) in [6.07, 6.45) is 6.86. The van der Waals surface area contributed by atoms with Crippen LogP contribution >= 0.6 is 0 Å². The van der Waals surface area contributed by atoms with E-state index in [1.54, 1.807) is 0 Å². The molecule has 1 atom stereocenters. The molecule has 2 fully saturated rings. The van der Waals surface area contributed by atoms with Crippen molar-refractivity contribution in [2.24, 2.45) is 11.8 Å². The van der Waals surface area contributed by atoms with Crippen LogP contribution in [0.3, 0.4) is 0 Å². The van der Waals surface area contributed by atoms with Crippen molar-refractivity contribution in [2.75, 3.05) is 26.2 Å². The van der Waals surface area contributed by atoms with Gasteiger partial charge in [-0.15, -0.1) is 0 Å². The summed E-state index contributed by atoms with van der Waals surface area (Å²) in [5, 5.41) is 3.25. The monoisotopic (exact) mass is 368 g/mol. The highest BCUT2D eigenvalue weighted by Crippen LogP contribution is 2.35. The van der Waals surface area contributed by atoms with Crippen LogP contribution in [0.2, 0.25) is 0 Å². The molecule has 1 unspecified atom stereocenters. The number of hydrogen-bond acceptors (Lipinski definition) is 3. The summed E-state index contributed by atoms with van der Waals surface area (Å²) < 4.78 is 0. The van der Waals surface area contributed by atoms with E-state index in [2.05, 4.69) is 40.3 Å². The number of nitrogens with zero attached hydrogens (tertiary/aromatic N) is 2. The molecule has 1 saturated carbocycles. The number of likely N-dealkylation sites (tertiary alicyclic amines) is 1. The van der Waals surface area contributed by atoms with Gasteiger partial charge in [0.05, 0.1) is 17.0 Å². The number of piperidine rings is 1. The molecule has 5 nitrogen and oxygen atoms in total. The minimum atomic E-state index is 0.186. The van der Waals surface area contributed by atoms with Crippen LogP contribution in [0.5, 0.6) is 0 Å². The van der Waals surface area contributed by atoms with Gasteiger partial charge in [-0.25, -0.2) is 4.98 Å². The van der Waals surface area contributed by atoms with Gasteiger partial charge in [0.1, 0.15) is 5.82 Å². The molecular weight excluding hydrogens is 336 g/mol. The predicted molar refractivity (Wildman–Crippen MR) is 109 cm³/mol. The summed E-state index contributed by atoms with van der Waals surface area (Å²) in [5.41, 5.74) is 2.20. The Morgan fingerprint density at radius 3 is 2.81 bits per heavy atom. The van der Waals surface area contributed by atoms with Crippen molar-refractivity contribution in [3.05, 3.63) is 30.1 Å². The Morgan fingerprint density at radius 2 is 2.04 bits per heavy atom. The molecule has 1 aromatic heterocycles. The maximum absolute atomic E-state index is 12.5.